The van der Waals surface area contributed by atoms with Crippen molar-refractivity contribution in [1.82, 2.24) is 29.4 Å². The van der Waals surface area contributed by atoms with Crippen molar-refractivity contribution in [3.05, 3.63) is 47.8 Å². The number of rotatable bonds is 7. The third-order valence-electron chi connectivity index (χ3n) is 5.08. The van der Waals surface area contributed by atoms with E-state index in [0.29, 0.717) is 27.7 Å². The molecule has 3 heterocycles. The van der Waals surface area contributed by atoms with Crippen LogP contribution in [-0.2, 0) is 10.0 Å². The molecule has 0 saturated carbocycles. The molecule has 0 saturated heterocycles. The molecular weight excluding hydrogens is 439 g/mol. The van der Waals surface area contributed by atoms with Crippen molar-refractivity contribution < 1.29 is 22.4 Å². The van der Waals surface area contributed by atoms with Crippen LogP contribution in [-0.4, -0.2) is 51.8 Å². The number of fused-ring (bicyclic) bond motifs is 2. The zero-order valence-electron chi connectivity index (χ0n) is 18.2. The van der Waals surface area contributed by atoms with Gasteiger partial charge in [-0.3, -0.25) is 0 Å². The highest BCUT2D eigenvalue weighted by molar-refractivity contribution is 7.89. The van der Waals surface area contributed by atoms with Crippen LogP contribution in [0.4, 0.5) is 4.39 Å². The maximum atomic E-state index is 15.0. The maximum Gasteiger partial charge on any atom is 0.247 e. The van der Waals surface area contributed by atoms with E-state index in [1.807, 2.05) is 6.92 Å². The van der Waals surface area contributed by atoms with Crippen LogP contribution in [0.25, 0.3) is 16.4 Å². The summed E-state index contributed by atoms with van der Waals surface area (Å²) in [6, 6.07) is 4.96. The van der Waals surface area contributed by atoms with Crippen LogP contribution in [0.5, 0.6) is 17.4 Å². The van der Waals surface area contributed by atoms with E-state index >= 15 is 0 Å². The predicted octanol–water partition coefficient (Wildman–Crippen LogP) is 2.88. The number of H-pyrrole nitrogens is 1. The lowest BCUT2D eigenvalue weighted by Crippen LogP contribution is -2.42. The smallest absolute Gasteiger partial charge is 0.247 e. The summed E-state index contributed by atoms with van der Waals surface area (Å²) in [5, 5.41) is 3.56. The van der Waals surface area contributed by atoms with Crippen molar-refractivity contribution in [3.63, 3.8) is 0 Å². The van der Waals surface area contributed by atoms with Crippen LogP contribution in [0, 0.1) is 19.7 Å². The first kappa shape index (κ1) is 22.0. The molecular formula is C20H23FN6O4S. The quantitative estimate of drug-likeness (QED) is 0.406. The molecule has 0 aliphatic carbocycles. The molecule has 0 amide bonds. The molecule has 0 aliphatic rings. The fraction of sp³-hybridized carbons (Fsp3) is 0.300. The van der Waals surface area contributed by atoms with Gasteiger partial charge in [0.25, 0.3) is 0 Å². The zero-order chi connectivity index (χ0) is 23.2. The van der Waals surface area contributed by atoms with Crippen molar-refractivity contribution in [2.45, 2.75) is 26.1 Å². The summed E-state index contributed by atoms with van der Waals surface area (Å²) in [7, 11) is -0.686. The Kier molecular flexibility index (Phi) is 5.53. The summed E-state index contributed by atoms with van der Waals surface area (Å²) < 4.78 is 47.7. The second-order valence-electron chi connectivity index (χ2n) is 7.56. The van der Waals surface area contributed by atoms with Gasteiger partial charge in [0.2, 0.25) is 15.9 Å². The van der Waals surface area contributed by atoms with E-state index in [0.717, 1.165) is 10.00 Å². The Balaban J connectivity index is 1.65. The second-order valence-corrected chi connectivity index (χ2v) is 10.0. The molecule has 0 aliphatic heterocycles. The van der Waals surface area contributed by atoms with Crippen LogP contribution in [0.1, 0.15) is 18.2 Å². The van der Waals surface area contributed by atoms with Gasteiger partial charge in [-0.25, -0.2) is 21.6 Å². The monoisotopic (exact) mass is 462 g/mol. The summed E-state index contributed by atoms with van der Waals surface area (Å²) in [4.78, 5) is 12.8. The normalized spacial score (nSPS) is 13.2. The SMILES string of the molecule is Cc1cc2c(F)c(Oc3ncnn4cc(ONC(C)S(=O)(=O)N(C)C)c(C)c34)ccc2[nH]1. The summed E-state index contributed by atoms with van der Waals surface area (Å²) in [6.07, 6.45) is 2.82. The van der Waals surface area contributed by atoms with Crippen molar-refractivity contribution in [2.75, 3.05) is 14.1 Å². The van der Waals surface area contributed by atoms with E-state index < -0.39 is 21.2 Å². The molecule has 12 heteroatoms. The number of sulfonamides is 1. The number of hydrogen-bond acceptors (Lipinski definition) is 7. The van der Waals surface area contributed by atoms with Gasteiger partial charge in [-0.15, -0.1) is 5.48 Å². The van der Waals surface area contributed by atoms with Crippen LogP contribution in [0.15, 0.2) is 30.7 Å². The van der Waals surface area contributed by atoms with Crippen molar-refractivity contribution >= 4 is 26.4 Å². The summed E-state index contributed by atoms with van der Waals surface area (Å²) >= 11 is 0. The number of aromatic nitrogens is 4. The number of nitrogens with one attached hydrogen (secondary N) is 2. The molecule has 4 aromatic rings. The van der Waals surface area contributed by atoms with Gasteiger partial charge in [0, 0.05) is 36.3 Å². The third kappa shape index (κ3) is 3.76. The number of aryl methyl sites for hydroxylation is 2. The molecule has 32 heavy (non-hydrogen) atoms. The Hall–Kier alpha value is -3.22. The number of aromatic amines is 1. The topological polar surface area (TPSA) is 114 Å². The van der Waals surface area contributed by atoms with Gasteiger partial charge < -0.3 is 14.6 Å². The fourth-order valence-corrected chi connectivity index (χ4v) is 4.08. The molecule has 2 N–H and O–H groups in total. The summed E-state index contributed by atoms with van der Waals surface area (Å²) in [5.41, 5.74) is 5.07. The Morgan fingerprint density at radius 2 is 2.00 bits per heavy atom. The molecule has 0 fully saturated rings. The molecule has 170 valence electrons. The van der Waals surface area contributed by atoms with E-state index in [-0.39, 0.29) is 11.6 Å². The van der Waals surface area contributed by atoms with E-state index in [4.69, 9.17) is 9.57 Å². The highest BCUT2D eigenvalue weighted by atomic mass is 32.2. The third-order valence-corrected chi connectivity index (χ3v) is 7.09. The van der Waals surface area contributed by atoms with Crippen LogP contribution in [0.3, 0.4) is 0 Å². The Labute approximate surface area is 184 Å². The molecule has 0 spiro atoms. The number of hydrogen-bond donors (Lipinski definition) is 2. The Morgan fingerprint density at radius 3 is 2.72 bits per heavy atom. The van der Waals surface area contributed by atoms with Crippen LogP contribution in [0.2, 0.25) is 0 Å². The van der Waals surface area contributed by atoms with E-state index in [9.17, 15) is 12.8 Å². The van der Waals surface area contributed by atoms with Gasteiger partial charge in [0.15, 0.2) is 22.7 Å². The average Bonchev–Trinajstić information content (AvgIpc) is 3.28. The highest BCUT2D eigenvalue weighted by Crippen LogP contribution is 2.34. The molecule has 0 radical (unpaired) electrons. The Morgan fingerprint density at radius 1 is 1.25 bits per heavy atom. The second kappa shape index (κ2) is 8.04. The first-order valence-corrected chi connectivity index (χ1v) is 11.2. The minimum atomic E-state index is -3.57. The van der Waals surface area contributed by atoms with Crippen LogP contribution < -0.4 is 15.1 Å². The maximum absolute atomic E-state index is 15.0. The van der Waals surface area contributed by atoms with E-state index in [1.54, 1.807) is 25.3 Å². The number of ether oxygens (including phenoxy) is 1. The summed E-state index contributed by atoms with van der Waals surface area (Å²) in [5.74, 6) is -0.0298. The number of nitrogens with zero attached hydrogens (tertiary/aromatic N) is 4. The van der Waals surface area contributed by atoms with E-state index in [2.05, 4.69) is 20.5 Å². The molecule has 1 unspecified atom stereocenters. The molecule has 0 bridgehead atoms. The van der Waals surface area contributed by atoms with Gasteiger partial charge in [-0.2, -0.15) is 10.1 Å². The fourth-order valence-electron chi connectivity index (χ4n) is 3.28. The lowest BCUT2D eigenvalue weighted by molar-refractivity contribution is 0.184. The minimum absolute atomic E-state index is 0.0176. The van der Waals surface area contributed by atoms with Gasteiger partial charge in [0.1, 0.15) is 11.8 Å². The van der Waals surface area contributed by atoms with Crippen molar-refractivity contribution in [1.29, 1.82) is 0 Å². The van der Waals surface area contributed by atoms with E-state index in [1.165, 1.54) is 37.9 Å². The highest BCUT2D eigenvalue weighted by Gasteiger charge is 2.25. The molecule has 3 aromatic heterocycles. The molecule has 1 atom stereocenters. The van der Waals surface area contributed by atoms with Crippen molar-refractivity contribution in [3.8, 4) is 17.4 Å². The Bertz CT molecular complexity index is 1410. The molecule has 10 nitrogen and oxygen atoms in total. The van der Waals surface area contributed by atoms with Gasteiger partial charge in [0.05, 0.1) is 6.20 Å². The summed E-state index contributed by atoms with van der Waals surface area (Å²) in [6.45, 7) is 5.05. The average molecular weight is 463 g/mol. The minimum Gasteiger partial charge on any atom is -0.434 e. The first-order valence-electron chi connectivity index (χ1n) is 9.72. The lowest BCUT2D eigenvalue weighted by Gasteiger charge is -2.19. The number of benzene rings is 1. The molecule has 1 aromatic carbocycles. The number of halogens is 1. The largest absolute Gasteiger partial charge is 0.434 e. The zero-order valence-corrected chi connectivity index (χ0v) is 19.0. The standard InChI is InChI=1S/C20H23FN6O4S/c1-11-8-14-15(24-11)6-7-16(18(14)21)30-20-19-12(2)17(9-27(19)23-10-22-20)31-25-13(3)32(28,29)26(4)5/h6-10,13,24-25H,1-5H3. The first-order chi connectivity index (χ1) is 15.1. The van der Waals surface area contributed by atoms with Crippen molar-refractivity contribution in [2.24, 2.45) is 0 Å². The molecule has 4 rings (SSSR count). The predicted molar refractivity (Wildman–Crippen MR) is 117 cm³/mol. The van der Waals surface area contributed by atoms with Gasteiger partial charge in [-0.05, 0) is 39.0 Å². The van der Waals surface area contributed by atoms with Crippen LogP contribution >= 0.6 is 0 Å². The number of hydroxylamine groups is 1. The van der Waals surface area contributed by atoms with Gasteiger partial charge in [-0.1, -0.05) is 0 Å². The van der Waals surface area contributed by atoms with Gasteiger partial charge >= 0.3 is 0 Å². The lowest BCUT2D eigenvalue weighted by atomic mass is 10.2.